The number of rotatable bonds is 6. The topological polar surface area (TPSA) is 46.6 Å². The van der Waals surface area contributed by atoms with E-state index in [-0.39, 0.29) is 18.3 Å². The fraction of sp³-hybridized carbons (Fsp3) is 0.222. The summed E-state index contributed by atoms with van der Waals surface area (Å²) in [7, 11) is 1.27. The Morgan fingerprint density at radius 3 is 2.00 bits per heavy atom. The summed E-state index contributed by atoms with van der Waals surface area (Å²) in [6.45, 7) is 0.186. The second-order valence-electron chi connectivity index (χ2n) is 5.26. The predicted octanol–water partition coefficient (Wildman–Crippen LogP) is 4.48. The molecule has 2 aromatic carbocycles. The Bertz CT molecular complexity index is 732. The van der Waals surface area contributed by atoms with E-state index in [1.165, 1.54) is 12.0 Å². The molecule has 1 unspecified atom stereocenters. The molecule has 1 atom stereocenters. The van der Waals surface area contributed by atoms with Gasteiger partial charge < -0.3 is 9.64 Å². The van der Waals surface area contributed by atoms with Crippen molar-refractivity contribution in [1.29, 1.82) is 0 Å². The van der Waals surface area contributed by atoms with Gasteiger partial charge in [-0.15, -0.1) is 11.6 Å². The first-order chi connectivity index (χ1) is 12.0. The zero-order valence-corrected chi connectivity index (χ0v) is 15.7. The van der Waals surface area contributed by atoms with E-state index >= 15 is 0 Å². The quantitative estimate of drug-likeness (QED) is 0.531. The maximum absolute atomic E-state index is 12.4. The number of amides is 1. The molecule has 0 N–H and O–H groups in total. The van der Waals surface area contributed by atoms with Crippen molar-refractivity contribution in [3.8, 4) is 0 Å². The molecule has 2 aromatic rings. The van der Waals surface area contributed by atoms with Crippen LogP contribution in [0.5, 0.6) is 0 Å². The molecule has 7 heteroatoms. The lowest BCUT2D eigenvalue weighted by molar-refractivity contribution is -0.153. The normalized spacial score (nSPS) is 11.7. The molecule has 132 valence electrons. The van der Waals surface area contributed by atoms with E-state index < -0.39 is 12.0 Å². The molecule has 0 aliphatic rings. The van der Waals surface area contributed by atoms with Crippen LogP contribution in [0.1, 0.15) is 17.2 Å². The number of ether oxygens (including phenoxy) is 1. The van der Waals surface area contributed by atoms with Crippen molar-refractivity contribution in [3.63, 3.8) is 0 Å². The molecule has 25 heavy (non-hydrogen) atoms. The number of hydrogen-bond acceptors (Lipinski definition) is 3. The minimum atomic E-state index is -0.927. The maximum Gasteiger partial charge on any atom is 0.333 e. The van der Waals surface area contributed by atoms with Crippen LogP contribution in [0.25, 0.3) is 0 Å². The summed E-state index contributed by atoms with van der Waals surface area (Å²) in [5.41, 5.74) is 1.40. The van der Waals surface area contributed by atoms with Crippen LogP contribution >= 0.6 is 34.8 Å². The van der Waals surface area contributed by atoms with E-state index in [0.29, 0.717) is 15.6 Å². The van der Waals surface area contributed by atoms with Crippen molar-refractivity contribution < 1.29 is 14.3 Å². The summed E-state index contributed by atoms with van der Waals surface area (Å²) in [5, 5.41) is 1.11. The fourth-order valence-electron chi connectivity index (χ4n) is 2.39. The zero-order chi connectivity index (χ0) is 18.4. The highest BCUT2D eigenvalue weighted by atomic mass is 35.5. The second-order valence-corrected chi connectivity index (χ2v) is 6.40. The lowest BCUT2D eigenvalue weighted by Gasteiger charge is -2.30. The molecule has 0 bridgehead atoms. The Kier molecular flexibility index (Phi) is 7.12. The van der Waals surface area contributed by atoms with Gasteiger partial charge in [-0.05, 0) is 35.4 Å². The van der Waals surface area contributed by atoms with Crippen molar-refractivity contribution in [3.05, 3.63) is 69.7 Å². The Hall–Kier alpha value is -1.75. The number of nitrogens with zero attached hydrogens (tertiary/aromatic N) is 1. The molecule has 1 amide bonds. The molecule has 0 radical (unpaired) electrons. The van der Waals surface area contributed by atoms with Gasteiger partial charge in [0, 0.05) is 16.6 Å². The van der Waals surface area contributed by atoms with Crippen LogP contribution in [0.3, 0.4) is 0 Å². The molecule has 0 heterocycles. The van der Waals surface area contributed by atoms with Crippen LogP contribution < -0.4 is 0 Å². The lowest BCUT2D eigenvalue weighted by Crippen LogP contribution is -2.39. The minimum absolute atomic E-state index is 0.186. The van der Waals surface area contributed by atoms with Crippen molar-refractivity contribution in [2.45, 2.75) is 12.6 Å². The second kappa shape index (κ2) is 9.09. The summed E-state index contributed by atoms with van der Waals surface area (Å²) in [6, 6.07) is 12.7. The van der Waals surface area contributed by atoms with Crippen LogP contribution in [0.15, 0.2) is 48.5 Å². The van der Waals surface area contributed by atoms with E-state index in [0.717, 1.165) is 5.56 Å². The van der Waals surface area contributed by atoms with Gasteiger partial charge in [0.05, 0.1) is 7.11 Å². The van der Waals surface area contributed by atoms with Crippen LogP contribution in [0.4, 0.5) is 0 Å². The Balaban J connectivity index is 2.42. The van der Waals surface area contributed by atoms with Gasteiger partial charge >= 0.3 is 5.97 Å². The summed E-state index contributed by atoms with van der Waals surface area (Å²) < 4.78 is 4.90. The summed E-state index contributed by atoms with van der Waals surface area (Å²) in [4.78, 5) is 26.2. The van der Waals surface area contributed by atoms with E-state index in [1.54, 1.807) is 48.5 Å². The third-order valence-corrected chi connectivity index (χ3v) is 4.36. The van der Waals surface area contributed by atoms with Gasteiger partial charge in [0.2, 0.25) is 5.91 Å². The van der Waals surface area contributed by atoms with E-state index in [9.17, 15) is 9.59 Å². The minimum Gasteiger partial charge on any atom is -0.467 e. The number of carbonyl (C=O) groups excluding carboxylic acids is 2. The first-order valence-corrected chi connectivity index (χ1v) is 8.68. The third kappa shape index (κ3) is 5.11. The first kappa shape index (κ1) is 19.6. The number of esters is 1. The van der Waals surface area contributed by atoms with E-state index in [2.05, 4.69) is 0 Å². The molecule has 0 aliphatic carbocycles. The summed E-state index contributed by atoms with van der Waals surface area (Å²) >= 11 is 17.6. The molecule has 0 fully saturated rings. The Morgan fingerprint density at radius 2 is 1.52 bits per heavy atom. The number of carbonyl (C=O) groups is 2. The van der Waals surface area contributed by atoms with Gasteiger partial charge in [0.1, 0.15) is 5.88 Å². The molecule has 0 aliphatic heterocycles. The van der Waals surface area contributed by atoms with Gasteiger partial charge in [0.25, 0.3) is 0 Å². The van der Waals surface area contributed by atoms with Crippen LogP contribution in [0, 0.1) is 0 Å². The SMILES string of the molecule is COC(=O)C(c1ccc(Cl)cc1)N(Cc1ccc(Cl)cc1)C(=O)CCl. The van der Waals surface area contributed by atoms with Crippen LogP contribution in [-0.4, -0.2) is 29.8 Å². The molecule has 0 saturated heterocycles. The molecular weight excluding hydrogens is 385 g/mol. The van der Waals surface area contributed by atoms with Crippen LogP contribution in [-0.2, 0) is 20.9 Å². The summed E-state index contributed by atoms with van der Waals surface area (Å²) in [5.74, 6) is -1.20. The van der Waals surface area contributed by atoms with E-state index in [4.69, 9.17) is 39.5 Å². The molecule has 0 saturated carbocycles. The highest BCUT2D eigenvalue weighted by Gasteiger charge is 2.32. The monoisotopic (exact) mass is 399 g/mol. The Morgan fingerprint density at radius 1 is 1.00 bits per heavy atom. The average Bonchev–Trinajstić information content (AvgIpc) is 2.63. The third-order valence-electron chi connectivity index (χ3n) is 3.62. The Labute approximate surface area is 161 Å². The fourth-order valence-corrected chi connectivity index (χ4v) is 2.79. The maximum atomic E-state index is 12.4. The number of benzene rings is 2. The summed E-state index contributed by atoms with van der Waals surface area (Å²) in [6.07, 6.45) is 0. The van der Waals surface area contributed by atoms with Crippen molar-refractivity contribution in [1.82, 2.24) is 4.90 Å². The average molecular weight is 401 g/mol. The molecule has 0 spiro atoms. The number of methoxy groups -OCH3 is 1. The van der Waals surface area contributed by atoms with Gasteiger partial charge in [-0.2, -0.15) is 0 Å². The van der Waals surface area contributed by atoms with Gasteiger partial charge in [-0.25, -0.2) is 4.79 Å². The lowest BCUT2D eigenvalue weighted by atomic mass is 10.0. The van der Waals surface area contributed by atoms with Crippen LogP contribution in [0.2, 0.25) is 10.0 Å². The van der Waals surface area contributed by atoms with Crippen molar-refractivity contribution >= 4 is 46.7 Å². The largest absolute Gasteiger partial charge is 0.467 e. The van der Waals surface area contributed by atoms with Gasteiger partial charge in [-0.1, -0.05) is 47.5 Å². The number of alkyl halides is 1. The van der Waals surface area contributed by atoms with Gasteiger partial charge in [-0.3, -0.25) is 4.79 Å². The van der Waals surface area contributed by atoms with Gasteiger partial charge in [0.15, 0.2) is 6.04 Å². The highest BCUT2D eigenvalue weighted by Crippen LogP contribution is 2.26. The van der Waals surface area contributed by atoms with Crippen molar-refractivity contribution in [2.24, 2.45) is 0 Å². The number of hydrogen-bond donors (Lipinski definition) is 0. The standard InChI is InChI=1S/C18H16Cl3NO3/c1-25-18(24)17(13-4-8-15(21)9-5-13)22(16(23)10-19)11-12-2-6-14(20)7-3-12/h2-9,17H,10-11H2,1H3. The number of halogens is 3. The molecule has 4 nitrogen and oxygen atoms in total. The molecule has 2 rings (SSSR count). The predicted molar refractivity (Wildman–Crippen MR) is 98.9 cm³/mol. The molecular formula is C18H16Cl3NO3. The highest BCUT2D eigenvalue weighted by molar-refractivity contribution is 6.30. The van der Waals surface area contributed by atoms with Crippen molar-refractivity contribution in [2.75, 3.05) is 13.0 Å². The zero-order valence-electron chi connectivity index (χ0n) is 13.4. The first-order valence-electron chi connectivity index (χ1n) is 7.39. The molecule has 0 aromatic heterocycles. The van der Waals surface area contributed by atoms with E-state index in [1.807, 2.05) is 0 Å². The smallest absolute Gasteiger partial charge is 0.333 e.